The van der Waals surface area contributed by atoms with Gasteiger partial charge in [0.05, 0.1) is 6.61 Å². The average Bonchev–Trinajstić information content (AvgIpc) is 2.82. The summed E-state index contributed by atoms with van der Waals surface area (Å²) in [5, 5.41) is 12.3. The molecule has 0 amide bonds. The van der Waals surface area contributed by atoms with Crippen LogP contribution >= 0.6 is 0 Å². The number of hydrogen-bond donors (Lipinski definition) is 2. The molecule has 2 rings (SSSR count). The Morgan fingerprint density at radius 1 is 1.41 bits per heavy atom. The summed E-state index contributed by atoms with van der Waals surface area (Å²) in [6.07, 6.45) is 6.64. The highest BCUT2D eigenvalue weighted by atomic mass is 16.3. The van der Waals surface area contributed by atoms with E-state index in [0.29, 0.717) is 12.6 Å². The van der Waals surface area contributed by atoms with E-state index in [4.69, 9.17) is 5.11 Å². The van der Waals surface area contributed by atoms with Crippen molar-refractivity contribution in [2.24, 2.45) is 0 Å². The van der Waals surface area contributed by atoms with Gasteiger partial charge in [-0.1, -0.05) is 12.8 Å². The van der Waals surface area contributed by atoms with Crippen molar-refractivity contribution < 1.29 is 5.11 Å². The summed E-state index contributed by atoms with van der Waals surface area (Å²) < 4.78 is 0. The number of likely N-dealkylation sites (N-methyl/N-ethyl adjacent to an activating group) is 1. The van der Waals surface area contributed by atoms with Crippen LogP contribution in [0.25, 0.3) is 0 Å². The fourth-order valence-corrected chi connectivity index (χ4v) is 2.18. The van der Waals surface area contributed by atoms with E-state index >= 15 is 0 Å². The van der Waals surface area contributed by atoms with Gasteiger partial charge in [0.15, 0.2) is 0 Å². The highest BCUT2D eigenvalue weighted by molar-refractivity contribution is 5.48. The second-order valence-electron chi connectivity index (χ2n) is 4.53. The molecule has 1 aliphatic carbocycles. The Morgan fingerprint density at radius 3 is 2.88 bits per heavy atom. The number of rotatable bonds is 5. The van der Waals surface area contributed by atoms with Crippen molar-refractivity contribution in [2.75, 3.05) is 30.4 Å². The molecule has 5 heteroatoms. The van der Waals surface area contributed by atoms with Crippen LogP contribution in [0.15, 0.2) is 12.4 Å². The quantitative estimate of drug-likeness (QED) is 0.806. The molecule has 0 radical (unpaired) electrons. The third-order valence-corrected chi connectivity index (χ3v) is 3.19. The van der Waals surface area contributed by atoms with Gasteiger partial charge >= 0.3 is 0 Å². The maximum absolute atomic E-state index is 8.90. The molecular formula is C12H20N4O. The van der Waals surface area contributed by atoms with Crippen molar-refractivity contribution in [2.45, 2.75) is 31.7 Å². The van der Waals surface area contributed by atoms with Crippen molar-refractivity contribution in [1.82, 2.24) is 9.97 Å². The molecule has 0 aromatic carbocycles. The van der Waals surface area contributed by atoms with Crippen LogP contribution in [-0.4, -0.2) is 41.3 Å². The van der Waals surface area contributed by atoms with E-state index < -0.39 is 0 Å². The normalized spacial score (nSPS) is 16.1. The number of hydrogen-bond acceptors (Lipinski definition) is 5. The van der Waals surface area contributed by atoms with Gasteiger partial charge in [-0.2, -0.15) is 0 Å². The zero-order valence-electron chi connectivity index (χ0n) is 10.3. The van der Waals surface area contributed by atoms with Crippen LogP contribution in [0, 0.1) is 0 Å². The van der Waals surface area contributed by atoms with Gasteiger partial charge in [0.25, 0.3) is 0 Å². The lowest BCUT2D eigenvalue weighted by molar-refractivity contribution is 0.304. The summed E-state index contributed by atoms with van der Waals surface area (Å²) in [7, 11) is 1.91. The molecule has 0 spiro atoms. The number of nitrogens with one attached hydrogen (secondary N) is 1. The first-order valence-corrected chi connectivity index (χ1v) is 6.20. The van der Waals surface area contributed by atoms with Gasteiger partial charge in [-0.3, -0.25) is 0 Å². The van der Waals surface area contributed by atoms with Crippen LogP contribution in [0.3, 0.4) is 0 Å². The Balaban J connectivity index is 2.00. The third kappa shape index (κ3) is 3.30. The smallest absolute Gasteiger partial charge is 0.133 e. The van der Waals surface area contributed by atoms with E-state index in [9.17, 15) is 0 Å². The van der Waals surface area contributed by atoms with Crippen molar-refractivity contribution in [3.63, 3.8) is 0 Å². The Bertz CT molecular complexity index is 352. The molecule has 0 unspecified atom stereocenters. The molecule has 0 atom stereocenters. The zero-order chi connectivity index (χ0) is 12.1. The highest BCUT2D eigenvalue weighted by Crippen LogP contribution is 2.22. The predicted molar refractivity (Wildman–Crippen MR) is 68.3 cm³/mol. The van der Waals surface area contributed by atoms with E-state index in [2.05, 4.69) is 15.3 Å². The number of aromatic nitrogens is 2. The average molecular weight is 236 g/mol. The predicted octanol–water partition coefficient (Wildman–Crippen LogP) is 1.26. The van der Waals surface area contributed by atoms with Crippen molar-refractivity contribution >= 4 is 11.6 Å². The highest BCUT2D eigenvalue weighted by Gasteiger charge is 2.15. The first-order chi connectivity index (χ1) is 8.29. The molecule has 2 N–H and O–H groups in total. The molecule has 1 fully saturated rings. The molecule has 0 saturated heterocycles. The molecule has 1 aromatic rings. The molecule has 0 bridgehead atoms. The van der Waals surface area contributed by atoms with Crippen LogP contribution in [0.2, 0.25) is 0 Å². The van der Waals surface area contributed by atoms with Crippen LogP contribution in [0.1, 0.15) is 25.7 Å². The zero-order valence-corrected chi connectivity index (χ0v) is 10.3. The molecule has 94 valence electrons. The van der Waals surface area contributed by atoms with Crippen LogP contribution < -0.4 is 10.2 Å². The van der Waals surface area contributed by atoms with Gasteiger partial charge in [-0.15, -0.1) is 0 Å². The standard InChI is InChI=1S/C12H20N4O/c1-16(6-7-17)12-8-11(13-9-14-12)15-10-4-2-3-5-10/h8-10,17H,2-7H2,1H3,(H,13,14,15). The Hall–Kier alpha value is -1.36. The molecule has 5 nitrogen and oxygen atoms in total. The van der Waals surface area contributed by atoms with Crippen molar-refractivity contribution in [1.29, 1.82) is 0 Å². The lowest BCUT2D eigenvalue weighted by atomic mass is 10.2. The van der Waals surface area contributed by atoms with Gasteiger partial charge in [-0.05, 0) is 12.8 Å². The summed E-state index contributed by atoms with van der Waals surface area (Å²) >= 11 is 0. The number of aliphatic hydroxyl groups excluding tert-OH is 1. The minimum atomic E-state index is 0.131. The van der Waals surface area contributed by atoms with Gasteiger partial charge < -0.3 is 15.3 Å². The van der Waals surface area contributed by atoms with E-state index in [0.717, 1.165) is 11.6 Å². The topological polar surface area (TPSA) is 61.3 Å². The Labute approximate surface area is 102 Å². The maximum atomic E-state index is 8.90. The minimum Gasteiger partial charge on any atom is -0.395 e. The molecule has 1 heterocycles. The molecule has 17 heavy (non-hydrogen) atoms. The second kappa shape index (κ2) is 5.82. The SMILES string of the molecule is CN(CCO)c1cc(NC2CCCC2)ncn1. The number of anilines is 2. The fourth-order valence-electron chi connectivity index (χ4n) is 2.18. The minimum absolute atomic E-state index is 0.131. The molecule has 1 aromatic heterocycles. The van der Waals surface area contributed by atoms with E-state index in [-0.39, 0.29) is 6.61 Å². The summed E-state index contributed by atoms with van der Waals surface area (Å²) in [5.41, 5.74) is 0. The molecule has 1 saturated carbocycles. The summed E-state index contributed by atoms with van der Waals surface area (Å²) in [6.45, 7) is 0.714. The lowest BCUT2D eigenvalue weighted by Crippen LogP contribution is -2.23. The van der Waals surface area contributed by atoms with Gasteiger partial charge in [0.2, 0.25) is 0 Å². The first-order valence-electron chi connectivity index (χ1n) is 6.20. The largest absolute Gasteiger partial charge is 0.395 e. The van der Waals surface area contributed by atoms with E-state index in [1.54, 1.807) is 6.33 Å². The van der Waals surface area contributed by atoms with Gasteiger partial charge in [0, 0.05) is 25.7 Å². The summed E-state index contributed by atoms with van der Waals surface area (Å²) in [4.78, 5) is 10.3. The van der Waals surface area contributed by atoms with Crippen molar-refractivity contribution in [3.8, 4) is 0 Å². The fraction of sp³-hybridized carbons (Fsp3) is 0.667. The maximum Gasteiger partial charge on any atom is 0.133 e. The van der Waals surface area contributed by atoms with E-state index in [1.807, 2.05) is 18.0 Å². The Morgan fingerprint density at radius 2 is 2.18 bits per heavy atom. The summed E-state index contributed by atoms with van der Waals surface area (Å²) in [5.74, 6) is 1.72. The van der Waals surface area contributed by atoms with Crippen LogP contribution in [0.5, 0.6) is 0 Å². The van der Waals surface area contributed by atoms with Crippen molar-refractivity contribution in [3.05, 3.63) is 12.4 Å². The van der Waals surface area contributed by atoms with Gasteiger partial charge in [-0.25, -0.2) is 9.97 Å². The lowest BCUT2D eigenvalue weighted by Gasteiger charge is -2.18. The number of aliphatic hydroxyl groups is 1. The monoisotopic (exact) mass is 236 g/mol. The molecule has 0 aliphatic heterocycles. The summed E-state index contributed by atoms with van der Waals surface area (Å²) in [6, 6.07) is 2.49. The van der Waals surface area contributed by atoms with Crippen LogP contribution in [0.4, 0.5) is 11.6 Å². The van der Waals surface area contributed by atoms with E-state index in [1.165, 1.54) is 25.7 Å². The second-order valence-corrected chi connectivity index (χ2v) is 4.53. The first kappa shape index (κ1) is 12.1. The molecular weight excluding hydrogens is 216 g/mol. The van der Waals surface area contributed by atoms with Crippen LogP contribution in [-0.2, 0) is 0 Å². The molecule has 1 aliphatic rings. The van der Waals surface area contributed by atoms with Gasteiger partial charge in [0.1, 0.15) is 18.0 Å². The number of nitrogens with zero attached hydrogens (tertiary/aromatic N) is 3. The Kier molecular flexibility index (Phi) is 4.14. The third-order valence-electron chi connectivity index (χ3n) is 3.19.